The highest BCUT2D eigenvalue weighted by molar-refractivity contribution is 6.12. The predicted octanol–water partition coefficient (Wildman–Crippen LogP) is 3.92. The number of carbonyl (C=O) groups excluding carboxylic acids is 1. The van der Waals surface area contributed by atoms with Crippen LogP contribution in [-0.4, -0.2) is 27.1 Å². The number of amides is 1. The molecule has 1 aliphatic rings. The van der Waals surface area contributed by atoms with E-state index in [0.717, 1.165) is 24.1 Å². The molecule has 2 N–H and O–H groups in total. The summed E-state index contributed by atoms with van der Waals surface area (Å²) in [5.74, 6) is -1.14. The van der Waals surface area contributed by atoms with Crippen molar-refractivity contribution in [3.63, 3.8) is 0 Å². The lowest BCUT2D eigenvalue weighted by atomic mass is 10.0. The minimum Gasteiger partial charge on any atom is -0.481 e. The fraction of sp³-hybridized carbons (Fsp3) is 0.333. The number of fused-ring (bicyclic) bond motifs is 1. The fourth-order valence-electron chi connectivity index (χ4n) is 3.24. The summed E-state index contributed by atoms with van der Waals surface area (Å²) < 4.78 is 5.29. The third-order valence-corrected chi connectivity index (χ3v) is 5.05. The molecular weight excluding hydrogens is 358 g/mol. The minimum atomic E-state index is -0.824. The van der Waals surface area contributed by atoms with E-state index < -0.39 is 11.9 Å². The number of rotatable bonds is 6. The van der Waals surface area contributed by atoms with Gasteiger partial charge < -0.3 is 14.9 Å². The number of pyridine rings is 1. The van der Waals surface area contributed by atoms with Gasteiger partial charge in [0.25, 0.3) is 11.6 Å². The zero-order valence-corrected chi connectivity index (χ0v) is 15.7. The molecule has 0 spiro atoms. The van der Waals surface area contributed by atoms with Gasteiger partial charge in [0.15, 0.2) is 0 Å². The van der Waals surface area contributed by atoms with Crippen LogP contribution in [-0.2, 0) is 11.2 Å². The number of benzene rings is 1. The second kappa shape index (κ2) is 7.07. The van der Waals surface area contributed by atoms with Crippen molar-refractivity contribution in [1.82, 2.24) is 10.1 Å². The second-order valence-electron chi connectivity index (χ2n) is 7.41. The van der Waals surface area contributed by atoms with E-state index in [1.807, 2.05) is 18.2 Å². The summed E-state index contributed by atoms with van der Waals surface area (Å²) in [5, 5.41) is 16.5. The molecule has 144 valence electrons. The number of nitrogens with one attached hydrogen (secondary N) is 1. The largest absolute Gasteiger partial charge is 0.481 e. The lowest BCUT2D eigenvalue weighted by Gasteiger charge is -2.10. The number of aryl methyl sites for hydroxylation is 1. The number of carboxylic acids is 1. The Morgan fingerprint density at radius 2 is 2.00 bits per heavy atom. The molecule has 1 amide bonds. The van der Waals surface area contributed by atoms with Gasteiger partial charge >= 0.3 is 5.97 Å². The second-order valence-corrected chi connectivity index (χ2v) is 7.41. The Kier molecular flexibility index (Phi) is 4.58. The van der Waals surface area contributed by atoms with Crippen LogP contribution >= 0.6 is 0 Å². The maximum atomic E-state index is 12.9. The zero-order valence-electron chi connectivity index (χ0n) is 15.7. The summed E-state index contributed by atoms with van der Waals surface area (Å²) in [6.07, 6.45) is 2.59. The molecule has 1 atom stereocenters. The summed E-state index contributed by atoms with van der Waals surface area (Å²) in [5.41, 5.74) is 3.95. The van der Waals surface area contributed by atoms with Crippen molar-refractivity contribution in [2.45, 2.75) is 39.0 Å². The van der Waals surface area contributed by atoms with E-state index in [9.17, 15) is 9.59 Å². The molecule has 1 unspecified atom stereocenters. The molecule has 28 heavy (non-hydrogen) atoms. The highest BCUT2D eigenvalue weighted by Gasteiger charge is 2.28. The molecule has 1 aliphatic carbocycles. The van der Waals surface area contributed by atoms with Gasteiger partial charge in [-0.3, -0.25) is 9.59 Å². The Labute approximate surface area is 161 Å². The van der Waals surface area contributed by atoms with Crippen LogP contribution in [0.3, 0.4) is 0 Å². The molecule has 0 radical (unpaired) electrons. The number of hydrogen-bond acceptors (Lipinski definition) is 5. The van der Waals surface area contributed by atoms with E-state index in [0.29, 0.717) is 40.4 Å². The third-order valence-electron chi connectivity index (χ3n) is 5.05. The first-order chi connectivity index (χ1) is 13.4. The Balaban J connectivity index is 1.57. The Bertz CT molecular complexity index is 1050. The molecule has 1 fully saturated rings. The fourth-order valence-corrected chi connectivity index (χ4v) is 3.24. The van der Waals surface area contributed by atoms with Crippen LogP contribution in [0, 0.1) is 12.8 Å². The van der Waals surface area contributed by atoms with Crippen LogP contribution < -0.4 is 5.32 Å². The number of nitrogens with zero attached hydrogens (tertiary/aromatic N) is 2. The molecule has 4 rings (SSSR count). The molecular formula is C21H21N3O4. The van der Waals surface area contributed by atoms with Crippen LogP contribution in [0.1, 0.15) is 53.0 Å². The lowest BCUT2D eigenvalue weighted by Crippen LogP contribution is -2.14. The zero-order chi connectivity index (χ0) is 19.8. The van der Waals surface area contributed by atoms with Crippen LogP contribution in [0.4, 0.5) is 5.69 Å². The van der Waals surface area contributed by atoms with Crippen molar-refractivity contribution in [2.75, 3.05) is 5.32 Å². The van der Waals surface area contributed by atoms with Gasteiger partial charge in [0.2, 0.25) is 0 Å². The quantitative estimate of drug-likeness (QED) is 0.672. The number of carboxylic acid groups (broad SMARTS) is 1. The Morgan fingerprint density at radius 1 is 1.29 bits per heavy atom. The van der Waals surface area contributed by atoms with Crippen molar-refractivity contribution in [1.29, 1.82) is 0 Å². The first-order valence-corrected chi connectivity index (χ1v) is 9.32. The van der Waals surface area contributed by atoms with Gasteiger partial charge in [-0.05, 0) is 49.9 Å². The number of hydrogen-bond donors (Lipinski definition) is 2. The van der Waals surface area contributed by atoms with Gasteiger partial charge in [-0.15, -0.1) is 0 Å². The average molecular weight is 379 g/mol. The minimum absolute atomic E-state index is 0.243. The molecule has 0 saturated heterocycles. The van der Waals surface area contributed by atoms with Crippen molar-refractivity contribution in [3.8, 4) is 0 Å². The normalized spacial score (nSPS) is 14.8. The Hall–Kier alpha value is -3.22. The van der Waals surface area contributed by atoms with Crippen molar-refractivity contribution >= 4 is 28.7 Å². The van der Waals surface area contributed by atoms with E-state index in [1.54, 1.807) is 26.0 Å². The van der Waals surface area contributed by atoms with Crippen molar-refractivity contribution in [3.05, 3.63) is 52.8 Å². The molecule has 0 bridgehead atoms. The van der Waals surface area contributed by atoms with Gasteiger partial charge in [-0.2, -0.15) is 0 Å². The summed E-state index contributed by atoms with van der Waals surface area (Å²) in [6.45, 7) is 3.46. The smallest absolute Gasteiger partial charge is 0.306 e. The average Bonchev–Trinajstić information content (AvgIpc) is 3.46. The topological polar surface area (TPSA) is 105 Å². The molecule has 7 nitrogen and oxygen atoms in total. The number of aromatic nitrogens is 2. The maximum absolute atomic E-state index is 12.9. The SMILES string of the molecule is Cc1noc2nc(C3CC3)cc(C(=O)Nc3ccc(CC(C)C(=O)O)cc3)c12. The highest BCUT2D eigenvalue weighted by atomic mass is 16.5. The molecule has 0 aliphatic heterocycles. The molecule has 7 heteroatoms. The number of aliphatic carboxylic acids is 1. The van der Waals surface area contributed by atoms with E-state index in [-0.39, 0.29) is 5.91 Å². The molecule has 3 aromatic rings. The van der Waals surface area contributed by atoms with E-state index in [1.165, 1.54) is 0 Å². The van der Waals surface area contributed by atoms with Crippen molar-refractivity contribution < 1.29 is 19.2 Å². The summed E-state index contributed by atoms with van der Waals surface area (Å²) >= 11 is 0. The van der Waals surface area contributed by atoms with E-state index in [4.69, 9.17) is 9.63 Å². The lowest BCUT2D eigenvalue weighted by molar-refractivity contribution is -0.141. The summed E-state index contributed by atoms with van der Waals surface area (Å²) in [4.78, 5) is 28.4. The van der Waals surface area contributed by atoms with E-state index in [2.05, 4.69) is 15.5 Å². The van der Waals surface area contributed by atoms with E-state index >= 15 is 0 Å². The first kappa shape index (κ1) is 18.2. The van der Waals surface area contributed by atoms with Gasteiger partial charge in [-0.1, -0.05) is 24.2 Å². The summed E-state index contributed by atoms with van der Waals surface area (Å²) in [7, 11) is 0. The molecule has 1 aromatic carbocycles. The number of anilines is 1. The Morgan fingerprint density at radius 3 is 2.64 bits per heavy atom. The van der Waals surface area contributed by atoms with Crippen LogP contribution in [0.15, 0.2) is 34.9 Å². The number of carbonyl (C=O) groups is 2. The molecule has 2 heterocycles. The van der Waals surface area contributed by atoms with Crippen molar-refractivity contribution in [2.24, 2.45) is 5.92 Å². The van der Waals surface area contributed by atoms with Gasteiger partial charge in [0, 0.05) is 17.3 Å². The third kappa shape index (κ3) is 3.60. The molecule has 2 aromatic heterocycles. The maximum Gasteiger partial charge on any atom is 0.306 e. The van der Waals surface area contributed by atoms with Crippen LogP contribution in [0.2, 0.25) is 0 Å². The van der Waals surface area contributed by atoms with Gasteiger partial charge in [0.05, 0.1) is 22.6 Å². The standard InChI is InChI=1S/C21H21N3O4/c1-11(21(26)27)9-13-3-7-15(8-4-13)22-19(25)16-10-17(14-5-6-14)23-20-18(16)12(2)24-28-20/h3-4,7-8,10-11,14H,5-6,9H2,1-2H3,(H,22,25)(H,26,27). The van der Waals surface area contributed by atoms with Crippen LogP contribution in [0.25, 0.3) is 11.1 Å². The van der Waals surface area contributed by atoms with Gasteiger partial charge in [0.1, 0.15) is 0 Å². The van der Waals surface area contributed by atoms with Crippen LogP contribution in [0.5, 0.6) is 0 Å². The first-order valence-electron chi connectivity index (χ1n) is 9.32. The van der Waals surface area contributed by atoms with Gasteiger partial charge in [-0.25, -0.2) is 4.98 Å². The highest BCUT2D eigenvalue weighted by Crippen LogP contribution is 2.40. The molecule has 1 saturated carbocycles. The monoisotopic (exact) mass is 379 g/mol. The summed E-state index contributed by atoms with van der Waals surface area (Å²) in [6, 6.07) is 9.06. The predicted molar refractivity (Wildman–Crippen MR) is 103 cm³/mol.